The third-order valence-corrected chi connectivity index (χ3v) is 6.60. The van der Waals surface area contributed by atoms with Crippen molar-refractivity contribution in [3.8, 4) is 5.75 Å². The molecule has 182 valence electrons. The molecule has 1 fully saturated rings. The van der Waals surface area contributed by atoms with Crippen molar-refractivity contribution in [3.63, 3.8) is 0 Å². The van der Waals surface area contributed by atoms with E-state index in [1.54, 1.807) is 12.1 Å². The monoisotopic (exact) mass is 466 g/mol. The molecule has 0 spiro atoms. The van der Waals surface area contributed by atoms with Gasteiger partial charge < -0.3 is 9.47 Å². The van der Waals surface area contributed by atoms with Gasteiger partial charge in [0.2, 0.25) is 0 Å². The van der Waals surface area contributed by atoms with Crippen molar-refractivity contribution in [2.24, 2.45) is 5.92 Å². The van der Waals surface area contributed by atoms with Crippen LogP contribution in [0.1, 0.15) is 80.9 Å². The molecule has 0 atom stereocenters. The van der Waals surface area contributed by atoms with Gasteiger partial charge in [-0.2, -0.15) is 17.6 Å². The normalized spacial score (nSPS) is 19.1. The molecule has 0 amide bonds. The van der Waals surface area contributed by atoms with Gasteiger partial charge in [-0.1, -0.05) is 69.0 Å². The Morgan fingerprint density at radius 3 is 2.18 bits per heavy atom. The van der Waals surface area contributed by atoms with Gasteiger partial charge in [-0.15, -0.1) is 0 Å². The third kappa shape index (κ3) is 8.02. The third-order valence-electron chi connectivity index (χ3n) is 6.60. The molecule has 2 nitrogen and oxygen atoms in total. The summed E-state index contributed by atoms with van der Waals surface area (Å²) in [6.45, 7) is -0.856. The Morgan fingerprint density at radius 1 is 0.909 bits per heavy atom. The molecule has 0 radical (unpaired) electrons. The molecule has 3 rings (SSSR count). The predicted molar refractivity (Wildman–Crippen MR) is 122 cm³/mol. The van der Waals surface area contributed by atoms with Crippen LogP contribution in [-0.2, 0) is 17.3 Å². The lowest BCUT2D eigenvalue weighted by Crippen LogP contribution is -2.20. The molecule has 0 N–H and O–H groups in total. The molecular weight excluding hydrogens is 432 g/mol. The van der Waals surface area contributed by atoms with E-state index in [-0.39, 0.29) is 24.3 Å². The van der Waals surface area contributed by atoms with Gasteiger partial charge in [0.15, 0.2) is 0 Å². The fourth-order valence-electron chi connectivity index (χ4n) is 4.63. The minimum atomic E-state index is -3.38. The van der Waals surface area contributed by atoms with Crippen LogP contribution in [0.4, 0.5) is 17.6 Å². The van der Waals surface area contributed by atoms with E-state index in [0.29, 0.717) is 11.5 Å². The number of rotatable bonds is 12. The average Bonchev–Trinajstić information content (AvgIpc) is 2.80. The second-order valence-corrected chi connectivity index (χ2v) is 8.97. The Morgan fingerprint density at radius 2 is 1.58 bits per heavy atom. The van der Waals surface area contributed by atoms with E-state index in [1.807, 2.05) is 12.1 Å². The fraction of sp³-hybridized carbons (Fsp3) is 0.556. The molecule has 2 aromatic rings. The second-order valence-electron chi connectivity index (χ2n) is 8.97. The zero-order valence-corrected chi connectivity index (χ0v) is 19.3. The van der Waals surface area contributed by atoms with E-state index in [4.69, 9.17) is 4.74 Å². The Hall–Kier alpha value is -2.08. The van der Waals surface area contributed by atoms with Gasteiger partial charge in [0.05, 0.1) is 12.2 Å². The summed E-state index contributed by atoms with van der Waals surface area (Å²) in [5, 5.41) is 0. The topological polar surface area (TPSA) is 18.5 Å². The maximum Gasteiger partial charge on any atom is 0.387 e. The molecule has 0 bridgehead atoms. The summed E-state index contributed by atoms with van der Waals surface area (Å²) < 4.78 is 62.6. The van der Waals surface area contributed by atoms with E-state index in [2.05, 4.69) is 11.7 Å². The van der Waals surface area contributed by atoms with E-state index >= 15 is 0 Å². The SMILES string of the molecule is CCCCCC1CCC(c2ccc(C(F)(F)OCCc3ccc(OC(F)F)cc3)cc2)CC1. The van der Waals surface area contributed by atoms with Crippen LogP contribution < -0.4 is 4.74 Å². The first kappa shape index (κ1) is 25.5. The van der Waals surface area contributed by atoms with Crippen molar-refractivity contribution in [3.05, 3.63) is 65.2 Å². The zero-order valence-electron chi connectivity index (χ0n) is 19.3. The van der Waals surface area contributed by atoms with Crippen molar-refractivity contribution < 1.29 is 27.0 Å². The van der Waals surface area contributed by atoms with Gasteiger partial charge >= 0.3 is 12.7 Å². The first-order valence-corrected chi connectivity index (χ1v) is 12.0. The minimum Gasteiger partial charge on any atom is -0.435 e. The summed E-state index contributed by atoms with van der Waals surface area (Å²) in [5.41, 5.74) is 1.68. The van der Waals surface area contributed by atoms with Crippen molar-refractivity contribution >= 4 is 0 Å². The first-order valence-electron chi connectivity index (χ1n) is 12.0. The number of halogens is 4. The highest BCUT2D eigenvalue weighted by atomic mass is 19.3. The van der Waals surface area contributed by atoms with Crippen molar-refractivity contribution in [2.45, 2.75) is 83.3 Å². The van der Waals surface area contributed by atoms with Crippen molar-refractivity contribution in [2.75, 3.05) is 6.61 Å². The van der Waals surface area contributed by atoms with Gasteiger partial charge in [0.25, 0.3) is 0 Å². The predicted octanol–water partition coefficient (Wildman–Crippen LogP) is 8.45. The highest BCUT2D eigenvalue weighted by molar-refractivity contribution is 5.28. The van der Waals surface area contributed by atoms with Gasteiger partial charge in [-0.05, 0) is 67.2 Å². The van der Waals surface area contributed by atoms with E-state index < -0.39 is 12.7 Å². The van der Waals surface area contributed by atoms with Crippen LogP contribution in [0.25, 0.3) is 0 Å². The van der Waals surface area contributed by atoms with Crippen LogP contribution >= 0.6 is 0 Å². The molecule has 1 saturated carbocycles. The van der Waals surface area contributed by atoms with Crippen LogP contribution in [0.3, 0.4) is 0 Å². The van der Waals surface area contributed by atoms with Gasteiger partial charge in [-0.3, -0.25) is 0 Å². The summed E-state index contributed by atoms with van der Waals surface area (Å²) in [7, 11) is 0. The molecule has 0 heterocycles. The van der Waals surface area contributed by atoms with Crippen molar-refractivity contribution in [1.82, 2.24) is 0 Å². The summed E-state index contributed by atoms with van der Waals surface area (Å²) in [6, 6.07) is 12.5. The Bertz CT molecular complexity index is 813. The minimum absolute atomic E-state index is 0.0325. The van der Waals surface area contributed by atoms with E-state index in [0.717, 1.165) is 24.3 Å². The van der Waals surface area contributed by atoms with Crippen LogP contribution in [0, 0.1) is 5.92 Å². The Kier molecular flexibility index (Phi) is 9.60. The smallest absolute Gasteiger partial charge is 0.387 e. The number of benzene rings is 2. The Labute approximate surface area is 194 Å². The standard InChI is InChI=1S/C27H34F4O2/c1-2-3-4-5-20-6-10-22(11-7-20)23-12-14-24(15-13-23)27(30,31)32-19-18-21-8-16-25(17-9-21)33-26(28)29/h8-9,12-17,20,22,26H,2-7,10-11,18-19H2,1H3. The van der Waals surface area contributed by atoms with Crippen LogP contribution in [-0.4, -0.2) is 13.2 Å². The largest absolute Gasteiger partial charge is 0.435 e. The first-order chi connectivity index (χ1) is 15.9. The zero-order chi connectivity index (χ0) is 23.7. The molecule has 33 heavy (non-hydrogen) atoms. The number of hydrogen-bond acceptors (Lipinski definition) is 2. The maximum absolute atomic E-state index is 14.5. The lowest BCUT2D eigenvalue weighted by Gasteiger charge is -2.29. The van der Waals surface area contributed by atoms with Gasteiger partial charge in [-0.25, -0.2) is 0 Å². The molecule has 0 saturated heterocycles. The maximum atomic E-state index is 14.5. The van der Waals surface area contributed by atoms with Crippen LogP contribution in [0.2, 0.25) is 0 Å². The van der Waals surface area contributed by atoms with Gasteiger partial charge in [0.1, 0.15) is 5.75 Å². The van der Waals surface area contributed by atoms with Crippen LogP contribution in [0.5, 0.6) is 5.75 Å². The van der Waals surface area contributed by atoms with Gasteiger partial charge in [0, 0.05) is 0 Å². The number of ether oxygens (including phenoxy) is 2. The molecule has 2 aromatic carbocycles. The summed E-state index contributed by atoms with van der Waals surface area (Å²) in [5.74, 6) is 1.30. The van der Waals surface area contributed by atoms with Crippen LogP contribution in [0.15, 0.2) is 48.5 Å². The fourth-order valence-corrected chi connectivity index (χ4v) is 4.63. The second kappa shape index (κ2) is 12.4. The highest BCUT2D eigenvalue weighted by Crippen LogP contribution is 2.39. The van der Waals surface area contributed by atoms with E-state index in [1.165, 1.54) is 62.8 Å². The quantitative estimate of drug-likeness (QED) is 0.231. The number of hydrogen-bond donors (Lipinski definition) is 0. The summed E-state index contributed by atoms with van der Waals surface area (Å²) in [4.78, 5) is 0. The molecule has 0 unspecified atom stereocenters. The molecule has 1 aliphatic rings. The molecule has 0 aromatic heterocycles. The summed E-state index contributed by atoms with van der Waals surface area (Å²) >= 11 is 0. The number of alkyl halides is 4. The summed E-state index contributed by atoms with van der Waals surface area (Å²) in [6.07, 6.45) is 6.76. The molecule has 1 aliphatic carbocycles. The average molecular weight is 467 g/mol. The molecular formula is C27H34F4O2. The lowest BCUT2D eigenvalue weighted by atomic mass is 9.77. The van der Waals surface area contributed by atoms with E-state index in [9.17, 15) is 17.6 Å². The molecule has 0 aliphatic heterocycles. The number of unbranched alkanes of at least 4 members (excludes halogenated alkanes) is 2. The molecule has 6 heteroatoms. The highest BCUT2D eigenvalue weighted by Gasteiger charge is 2.33. The Balaban J connectivity index is 1.45. The van der Waals surface area contributed by atoms with Crippen molar-refractivity contribution in [1.29, 1.82) is 0 Å². The lowest BCUT2D eigenvalue weighted by molar-refractivity contribution is -0.248.